The lowest BCUT2D eigenvalue weighted by atomic mass is 10.2. The Balaban J connectivity index is 1.90. The maximum Gasteiger partial charge on any atom is 0.410 e. The van der Waals surface area contributed by atoms with Gasteiger partial charge in [-0.1, -0.05) is 30.3 Å². The first-order valence-corrected chi connectivity index (χ1v) is 7.00. The molecule has 1 unspecified atom stereocenters. The van der Waals surface area contributed by atoms with Gasteiger partial charge in [0.2, 0.25) is 5.91 Å². The molecule has 1 fully saturated rings. The largest absolute Gasteiger partial charge is 0.445 e. The molecule has 1 N–H and O–H groups in total. The minimum atomic E-state index is -0.562. The van der Waals surface area contributed by atoms with Crippen LogP contribution in [0.2, 0.25) is 0 Å². The van der Waals surface area contributed by atoms with Crippen molar-refractivity contribution < 1.29 is 19.4 Å². The van der Waals surface area contributed by atoms with Gasteiger partial charge in [0.1, 0.15) is 12.6 Å². The first kappa shape index (κ1) is 15.3. The molecule has 0 radical (unpaired) electrons. The van der Waals surface area contributed by atoms with E-state index in [0.717, 1.165) is 5.56 Å². The number of nitrogens with zero attached hydrogens (tertiary/aromatic N) is 2. The van der Waals surface area contributed by atoms with E-state index in [2.05, 4.69) is 0 Å². The quantitative estimate of drug-likeness (QED) is 0.893. The van der Waals surface area contributed by atoms with Crippen LogP contribution < -0.4 is 0 Å². The number of rotatable bonds is 4. The lowest BCUT2D eigenvalue weighted by Crippen LogP contribution is -2.58. The van der Waals surface area contributed by atoms with Gasteiger partial charge >= 0.3 is 6.09 Å². The van der Waals surface area contributed by atoms with Gasteiger partial charge in [-0.15, -0.1) is 0 Å². The summed E-state index contributed by atoms with van der Waals surface area (Å²) in [5.41, 5.74) is 0.906. The van der Waals surface area contributed by atoms with Crippen molar-refractivity contribution in [2.24, 2.45) is 0 Å². The number of β-amino-alcohol motifs (C(OH)–C–C–N with tert-alkyl or cyclic N) is 1. The molecule has 1 aliphatic heterocycles. The summed E-state index contributed by atoms with van der Waals surface area (Å²) in [6.45, 7) is 2.94. The summed E-state index contributed by atoms with van der Waals surface area (Å²) in [5, 5.41) is 8.91. The molecule has 6 nitrogen and oxygen atoms in total. The van der Waals surface area contributed by atoms with Crippen molar-refractivity contribution in [2.75, 3.05) is 26.2 Å². The zero-order chi connectivity index (χ0) is 15.2. The van der Waals surface area contributed by atoms with Crippen molar-refractivity contribution in [3.05, 3.63) is 35.9 Å². The van der Waals surface area contributed by atoms with Crippen LogP contribution in [0.5, 0.6) is 0 Å². The number of ether oxygens (including phenoxy) is 1. The van der Waals surface area contributed by atoms with E-state index < -0.39 is 12.1 Å². The lowest BCUT2D eigenvalue weighted by Gasteiger charge is -2.38. The summed E-state index contributed by atoms with van der Waals surface area (Å²) < 4.78 is 5.25. The second kappa shape index (κ2) is 7.08. The molecule has 6 heteroatoms. The first-order chi connectivity index (χ1) is 10.1. The number of aliphatic hydroxyl groups excluding tert-OH is 1. The molecule has 1 aromatic rings. The van der Waals surface area contributed by atoms with Gasteiger partial charge in [0.15, 0.2) is 0 Å². The first-order valence-electron chi connectivity index (χ1n) is 7.00. The highest BCUT2D eigenvalue weighted by Crippen LogP contribution is 2.13. The number of aliphatic hydroxyl groups is 1. The van der Waals surface area contributed by atoms with Gasteiger partial charge in [0, 0.05) is 19.6 Å². The fourth-order valence-corrected chi connectivity index (χ4v) is 2.32. The van der Waals surface area contributed by atoms with E-state index in [-0.39, 0.29) is 19.1 Å². The third-order valence-corrected chi connectivity index (χ3v) is 3.56. The van der Waals surface area contributed by atoms with Crippen LogP contribution in [0.4, 0.5) is 4.79 Å². The van der Waals surface area contributed by atoms with Crippen LogP contribution in [0.25, 0.3) is 0 Å². The SMILES string of the molecule is CC1C(=O)N(CCO)CCN1C(=O)OCc1ccccc1. The normalized spacial score (nSPS) is 18.8. The highest BCUT2D eigenvalue weighted by atomic mass is 16.6. The van der Waals surface area contributed by atoms with Gasteiger partial charge < -0.3 is 14.7 Å². The summed E-state index contributed by atoms with van der Waals surface area (Å²) in [7, 11) is 0. The molecule has 1 atom stereocenters. The monoisotopic (exact) mass is 292 g/mol. The van der Waals surface area contributed by atoms with Crippen molar-refractivity contribution >= 4 is 12.0 Å². The highest BCUT2D eigenvalue weighted by Gasteiger charge is 2.34. The highest BCUT2D eigenvalue weighted by molar-refractivity contribution is 5.86. The molecule has 0 aromatic heterocycles. The number of carbonyl (C=O) groups is 2. The topological polar surface area (TPSA) is 70.1 Å². The number of carbonyl (C=O) groups excluding carboxylic acids is 2. The Morgan fingerprint density at radius 3 is 2.71 bits per heavy atom. The number of hydrogen-bond donors (Lipinski definition) is 1. The predicted molar refractivity (Wildman–Crippen MR) is 76.5 cm³/mol. The molecule has 0 aliphatic carbocycles. The van der Waals surface area contributed by atoms with Crippen LogP contribution in [0.1, 0.15) is 12.5 Å². The Labute approximate surface area is 123 Å². The minimum absolute atomic E-state index is 0.0725. The van der Waals surface area contributed by atoms with Crippen LogP contribution in [0.15, 0.2) is 30.3 Å². The van der Waals surface area contributed by atoms with E-state index in [4.69, 9.17) is 9.84 Å². The van der Waals surface area contributed by atoms with Crippen LogP contribution >= 0.6 is 0 Å². The smallest absolute Gasteiger partial charge is 0.410 e. The lowest BCUT2D eigenvalue weighted by molar-refractivity contribution is -0.140. The summed E-state index contributed by atoms with van der Waals surface area (Å²) >= 11 is 0. The minimum Gasteiger partial charge on any atom is -0.445 e. The van der Waals surface area contributed by atoms with Gasteiger partial charge in [-0.25, -0.2) is 4.79 Å². The molecule has 1 saturated heterocycles. The molecule has 2 rings (SSSR count). The Morgan fingerprint density at radius 1 is 1.33 bits per heavy atom. The average Bonchev–Trinajstić information content (AvgIpc) is 2.51. The van der Waals surface area contributed by atoms with E-state index in [1.807, 2.05) is 30.3 Å². The van der Waals surface area contributed by atoms with E-state index in [1.54, 1.807) is 11.8 Å². The molecule has 1 aliphatic rings. The van der Waals surface area contributed by atoms with Gasteiger partial charge in [-0.05, 0) is 12.5 Å². The molecule has 1 heterocycles. The third kappa shape index (κ3) is 3.72. The van der Waals surface area contributed by atoms with Gasteiger partial charge in [-0.2, -0.15) is 0 Å². The van der Waals surface area contributed by atoms with Crippen molar-refractivity contribution in [3.8, 4) is 0 Å². The van der Waals surface area contributed by atoms with Crippen LogP contribution in [-0.4, -0.2) is 59.2 Å². The molecule has 0 saturated carbocycles. The van der Waals surface area contributed by atoms with Crippen molar-refractivity contribution in [1.82, 2.24) is 9.80 Å². The third-order valence-electron chi connectivity index (χ3n) is 3.56. The van der Waals surface area contributed by atoms with E-state index in [1.165, 1.54) is 4.90 Å². The van der Waals surface area contributed by atoms with Gasteiger partial charge in [0.05, 0.1) is 6.61 Å². The maximum absolute atomic E-state index is 12.1. The average molecular weight is 292 g/mol. The van der Waals surface area contributed by atoms with Gasteiger partial charge in [0.25, 0.3) is 0 Å². The molecule has 114 valence electrons. The van der Waals surface area contributed by atoms with E-state index in [0.29, 0.717) is 19.6 Å². The van der Waals surface area contributed by atoms with E-state index in [9.17, 15) is 9.59 Å². The number of amides is 2. The molecule has 0 spiro atoms. The summed E-state index contributed by atoms with van der Waals surface area (Å²) in [5.74, 6) is -0.160. The van der Waals surface area contributed by atoms with Crippen molar-refractivity contribution in [3.63, 3.8) is 0 Å². The fourth-order valence-electron chi connectivity index (χ4n) is 2.32. The van der Waals surface area contributed by atoms with Crippen LogP contribution in [0, 0.1) is 0 Å². The molecule has 1 aromatic carbocycles. The summed E-state index contributed by atoms with van der Waals surface area (Å²) in [6.07, 6.45) is -0.483. The molecular formula is C15H20N2O4. The van der Waals surface area contributed by atoms with Crippen molar-refractivity contribution in [1.29, 1.82) is 0 Å². The number of piperazine rings is 1. The fraction of sp³-hybridized carbons (Fsp3) is 0.467. The second-order valence-electron chi connectivity index (χ2n) is 4.96. The molecule has 21 heavy (non-hydrogen) atoms. The molecular weight excluding hydrogens is 272 g/mol. The maximum atomic E-state index is 12.1. The Kier molecular flexibility index (Phi) is 5.16. The molecule has 0 bridgehead atoms. The second-order valence-corrected chi connectivity index (χ2v) is 4.96. The number of hydrogen-bond acceptors (Lipinski definition) is 4. The molecule has 2 amide bonds. The Bertz CT molecular complexity index is 492. The van der Waals surface area contributed by atoms with Crippen LogP contribution in [-0.2, 0) is 16.1 Å². The Hall–Kier alpha value is -2.08. The zero-order valence-corrected chi connectivity index (χ0v) is 12.1. The zero-order valence-electron chi connectivity index (χ0n) is 12.1. The van der Waals surface area contributed by atoms with Gasteiger partial charge in [-0.3, -0.25) is 9.69 Å². The standard InChI is InChI=1S/C15H20N2O4/c1-12-14(19)16(9-10-18)7-8-17(12)15(20)21-11-13-5-3-2-4-6-13/h2-6,12,18H,7-11H2,1H3. The van der Waals surface area contributed by atoms with E-state index >= 15 is 0 Å². The predicted octanol–water partition coefficient (Wildman–Crippen LogP) is 0.848. The van der Waals surface area contributed by atoms with Crippen molar-refractivity contribution in [2.45, 2.75) is 19.6 Å². The summed E-state index contributed by atoms with van der Waals surface area (Å²) in [6, 6.07) is 8.84. The number of benzene rings is 1. The van der Waals surface area contributed by atoms with Crippen LogP contribution in [0.3, 0.4) is 0 Å². The Morgan fingerprint density at radius 2 is 2.05 bits per heavy atom. The summed E-state index contributed by atoms with van der Waals surface area (Å²) in [4.78, 5) is 27.1.